The Bertz CT molecular complexity index is 1910. The molecule has 320 valence electrons. The summed E-state index contributed by atoms with van der Waals surface area (Å²) in [7, 11) is -2.88. The van der Waals surface area contributed by atoms with Crippen LogP contribution in [0.5, 0.6) is 0 Å². The lowest BCUT2D eigenvalue weighted by Gasteiger charge is -2.72. The lowest BCUT2D eigenvalue weighted by molar-refractivity contribution is -0.221. The topological polar surface area (TPSA) is 75.7 Å². The van der Waals surface area contributed by atoms with Gasteiger partial charge in [-0.3, -0.25) is 4.79 Å². The molecule has 0 amide bonds. The maximum absolute atomic E-state index is 14.8. The molecule has 5 fully saturated rings. The third kappa shape index (κ3) is 6.84. The molecule has 1 saturated heterocycles. The van der Waals surface area contributed by atoms with Crippen LogP contribution in [0, 0.1) is 56.7 Å². The highest BCUT2D eigenvalue weighted by atomic mass is 32.2. The van der Waals surface area contributed by atoms with E-state index in [1.807, 2.05) is 30.3 Å². The van der Waals surface area contributed by atoms with Gasteiger partial charge in [-0.15, -0.1) is 0 Å². The Balaban J connectivity index is 0.996. The summed E-state index contributed by atoms with van der Waals surface area (Å²) < 4.78 is 44.7. The highest BCUT2D eigenvalue weighted by molar-refractivity contribution is 7.91. The van der Waals surface area contributed by atoms with Crippen molar-refractivity contribution >= 4 is 15.8 Å². The molecule has 8 heteroatoms. The van der Waals surface area contributed by atoms with Crippen molar-refractivity contribution in [1.82, 2.24) is 10.2 Å². The van der Waals surface area contributed by atoms with Crippen molar-refractivity contribution in [2.75, 3.05) is 44.4 Å². The fourth-order valence-electron chi connectivity index (χ4n) is 15.4. The molecule has 0 radical (unpaired) electrons. The number of hydrogen-bond acceptors (Lipinski definition) is 6. The van der Waals surface area contributed by atoms with Crippen molar-refractivity contribution in [2.24, 2.45) is 56.7 Å². The van der Waals surface area contributed by atoms with Crippen LogP contribution in [0.3, 0.4) is 0 Å². The molecule has 0 aromatic heterocycles. The van der Waals surface area contributed by atoms with Gasteiger partial charge in [0.05, 0.1) is 16.9 Å². The zero-order chi connectivity index (χ0) is 41.4. The molecular formula is C50H73FN2O4S. The van der Waals surface area contributed by atoms with E-state index < -0.39 is 27.9 Å². The van der Waals surface area contributed by atoms with Gasteiger partial charge in [0, 0.05) is 31.7 Å². The van der Waals surface area contributed by atoms with Gasteiger partial charge in [0.15, 0.2) is 9.84 Å². The Labute approximate surface area is 350 Å². The number of fused-ring (bicyclic) bond motifs is 7. The predicted molar refractivity (Wildman–Crippen MR) is 232 cm³/mol. The molecule has 0 spiro atoms. The third-order valence-corrected chi connectivity index (χ3v) is 20.5. The van der Waals surface area contributed by atoms with Crippen LogP contribution in [0.4, 0.5) is 4.39 Å². The molecule has 10 atom stereocenters. The quantitative estimate of drug-likeness (QED) is 0.187. The van der Waals surface area contributed by atoms with E-state index in [9.17, 15) is 17.6 Å². The number of nitrogens with zero attached hydrogens (tertiary/aromatic N) is 1. The van der Waals surface area contributed by atoms with Gasteiger partial charge in [-0.1, -0.05) is 89.3 Å². The summed E-state index contributed by atoms with van der Waals surface area (Å²) in [5.41, 5.74) is 4.78. The van der Waals surface area contributed by atoms with Crippen LogP contribution in [-0.2, 0) is 26.0 Å². The van der Waals surface area contributed by atoms with Gasteiger partial charge in [0.1, 0.15) is 13.3 Å². The maximum atomic E-state index is 14.8. The highest BCUT2D eigenvalue weighted by Crippen LogP contribution is 2.76. The number of sulfone groups is 1. The molecule has 7 aliphatic rings. The van der Waals surface area contributed by atoms with Gasteiger partial charge in [-0.2, -0.15) is 0 Å². The fourth-order valence-corrected chi connectivity index (χ4v) is 16.7. The van der Waals surface area contributed by atoms with Gasteiger partial charge >= 0.3 is 5.97 Å². The number of allylic oxidation sites excluding steroid dienone is 5. The Morgan fingerprint density at radius 3 is 2.31 bits per heavy atom. The number of carbonyl (C=O) groups excluding carboxylic acids is 1. The van der Waals surface area contributed by atoms with E-state index >= 15 is 0 Å². The number of nitrogens with one attached hydrogen (secondary N) is 1. The van der Waals surface area contributed by atoms with Crippen LogP contribution in [-0.4, -0.2) is 69.2 Å². The fraction of sp³-hybridized carbons (Fsp3) is 0.740. The largest absolute Gasteiger partial charge is 0.460 e. The Morgan fingerprint density at radius 1 is 0.897 bits per heavy atom. The van der Waals surface area contributed by atoms with E-state index in [4.69, 9.17) is 4.74 Å². The zero-order valence-electron chi connectivity index (χ0n) is 36.6. The predicted octanol–water partition coefficient (Wildman–Crippen LogP) is 10.1. The summed E-state index contributed by atoms with van der Waals surface area (Å²) in [6.45, 7) is 22.6. The van der Waals surface area contributed by atoms with E-state index in [1.165, 1.54) is 68.1 Å². The molecule has 1 aromatic carbocycles. The molecule has 0 bridgehead atoms. The number of hydrogen-bond donors (Lipinski definition) is 1. The number of rotatable bonds is 10. The zero-order valence-corrected chi connectivity index (χ0v) is 37.5. The first-order valence-electron chi connectivity index (χ1n) is 22.9. The van der Waals surface area contributed by atoms with Crippen molar-refractivity contribution < 1.29 is 22.3 Å². The van der Waals surface area contributed by atoms with Crippen LogP contribution >= 0.6 is 0 Å². The second-order valence-electron chi connectivity index (χ2n) is 21.7. The molecular weight excluding hydrogens is 744 g/mol. The van der Waals surface area contributed by atoms with Gasteiger partial charge in [0.25, 0.3) is 0 Å². The number of alkyl halides is 1. The van der Waals surface area contributed by atoms with E-state index in [1.54, 1.807) is 0 Å². The summed E-state index contributed by atoms with van der Waals surface area (Å²) in [6.07, 6.45) is 17.5. The van der Waals surface area contributed by atoms with E-state index in [0.29, 0.717) is 73.4 Å². The average molecular weight is 817 g/mol. The normalized spacial score (nSPS) is 41.8. The van der Waals surface area contributed by atoms with Crippen molar-refractivity contribution in [2.45, 2.75) is 131 Å². The molecule has 0 unspecified atom stereocenters. The first-order valence-corrected chi connectivity index (χ1v) is 24.8. The Kier molecular flexibility index (Phi) is 11.2. The van der Waals surface area contributed by atoms with Crippen LogP contribution < -0.4 is 5.32 Å². The van der Waals surface area contributed by atoms with E-state index in [2.05, 4.69) is 70.5 Å². The number of carbonyl (C=O) groups is 1. The number of benzene rings is 1. The first kappa shape index (κ1) is 42.4. The summed E-state index contributed by atoms with van der Waals surface area (Å²) in [5.74, 6) is 3.18. The van der Waals surface area contributed by atoms with Gasteiger partial charge in [-0.25, -0.2) is 12.8 Å². The molecule has 8 rings (SSSR count). The minimum absolute atomic E-state index is 0.0118. The van der Waals surface area contributed by atoms with Crippen LogP contribution in [0.1, 0.15) is 124 Å². The molecule has 1 aromatic rings. The van der Waals surface area contributed by atoms with E-state index in [-0.39, 0.29) is 33.8 Å². The molecule has 1 heterocycles. The highest BCUT2D eigenvalue weighted by Gasteiger charge is 2.70. The van der Waals surface area contributed by atoms with Crippen molar-refractivity contribution in [3.05, 3.63) is 71.3 Å². The van der Waals surface area contributed by atoms with Crippen molar-refractivity contribution in [1.29, 1.82) is 0 Å². The Hall–Kier alpha value is -2.29. The van der Waals surface area contributed by atoms with Gasteiger partial charge < -0.3 is 15.0 Å². The maximum Gasteiger partial charge on any atom is 0.315 e. The number of halogens is 1. The number of ether oxygens (including phenoxy) is 1. The molecule has 58 heavy (non-hydrogen) atoms. The smallest absolute Gasteiger partial charge is 0.315 e. The van der Waals surface area contributed by atoms with Crippen LogP contribution in [0.25, 0.3) is 0 Å². The SMILES string of the molecule is C=C(C)[C@@H]1CC[C@]2(NCCN3CCS(=O)(=O)CC3)CC[C@]3(C)[C@H](CC[C@@H]4[C@@]5(C)CC=C(C6=CC[C@@](CF)(C(=O)OCc7ccccc7)CC6)C(C)(C)[C@@H]5CC[C@]43C)[C@@H]12. The van der Waals surface area contributed by atoms with Crippen molar-refractivity contribution in [3.8, 4) is 0 Å². The molecule has 6 nitrogen and oxygen atoms in total. The average Bonchev–Trinajstić information content (AvgIpc) is 3.58. The minimum Gasteiger partial charge on any atom is -0.460 e. The lowest BCUT2D eigenvalue weighted by Crippen LogP contribution is -2.68. The standard InChI is InChI=1S/C50H73FN2O4S/c1-35(2)38-17-24-50(52-27-28-53-29-31-58(55,56)32-30-53)26-25-47(6)40(43(38)50)13-14-42-46(5)20-18-39(45(3,4)41(46)19-21-48(42,47)7)37-15-22-49(34-51,23-16-37)44(54)57-33-36-11-9-8-10-12-36/h8-12,15,18,38,40-43,52H,1,13-14,16-17,19-34H2,2-7H3/t38-,40+,41-,42+,43+,46-,47+,48+,49+,50-/m0/s1. The first-order chi connectivity index (χ1) is 27.4. The van der Waals surface area contributed by atoms with Gasteiger partial charge in [0.2, 0.25) is 0 Å². The summed E-state index contributed by atoms with van der Waals surface area (Å²) in [5, 5.41) is 4.22. The summed E-state index contributed by atoms with van der Waals surface area (Å²) >= 11 is 0. The van der Waals surface area contributed by atoms with Crippen LogP contribution in [0.15, 0.2) is 65.8 Å². The van der Waals surface area contributed by atoms with Crippen LogP contribution in [0.2, 0.25) is 0 Å². The monoisotopic (exact) mass is 817 g/mol. The summed E-state index contributed by atoms with van der Waals surface area (Å²) in [4.78, 5) is 15.7. The lowest BCUT2D eigenvalue weighted by atomic mass is 9.33. The minimum atomic E-state index is -2.88. The summed E-state index contributed by atoms with van der Waals surface area (Å²) in [6, 6.07) is 9.67. The van der Waals surface area contributed by atoms with E-state index in [0.717, 1.165) is 25.1 Å². The molecule has 1 N–H and O–H groups in total. The second-order valence-corrected chi connectivity index (χ2v) is 24.0. The Morgan fingerprint density at radius 2 is 1.64 bits per heavy atom. The molecule has 6 aliphatic carbocycles. The number of esters is 1. The second kappa shape index (κ2) is 15.3. The molecule has 4 saturated carbocycles. The van der Waals surface area contributed by atoms with Crippen molar-refractivity contribution in [3.63, 3.8) is 0 Å². The third-order valence-electron chi connectivity index (χ3n) is 18.8. The van der Waals surface area contributed by atoms with Gasteiger partial charge in [-0.05, 0) is 152 Å². The molecule has 1 aliphatic heterocycles.